The molecule has 0 bridgehead atoms. The van der Waals surface area contributed by atoms with Gasteiger partial charge in [-0.25, -0.2) is 0 Å². The molecule has 1 rings (SSSR count). The molecule has 9 nitrogen and oxygen atoms in total. The first-order chi connectivity index (χ1) is 18.4. The van der Waals surface area contributed by atoms with Crippen molar-refractivity contribution in [2.45, 2.75) is 98.4 Å². The Kier molecular flexibility index (Phi) is 14.8. The first-order valence-corrected chi connectivity index (χ1v) is 14.0. The van der Waals surface area contributed by atoms with Gasteiger partial charge >= 0.3 is 23.9 Å². The fourth-order valence-corrected chi connectivity index (χ4v) is 4.20. The Bertz CT molecular complexity index is 962. The molecule has 220 valence electrons. The van der Waals surface area contributed by atoms with Crippen LogP contribution in [0.1, 0.15) is 92.1 Å². The zero-order valence-electron chi connectivity index (χ0n) is 24.7. The molecule has 9 heteroatoms. The van der Waals surface area contributed by atoms with Gasteiger partial charge in [-0.15, -0.1) is 0 Å². The summed E-state index contributed by atoms with van der Waals surface area (Å²) in [6.45, 7) is 11.2. The molecule has 0 saturated heterocycles. The summed E-state index contributed by atoms with van der Waals surface area (Å²) in [5.74, 6) is -2.62. The lowest BCUT2D eigenvalue weighted by Crippen LogP contribution is -2.51. The highest BCUT2D eigenvalue weighted by Gasteiger charge is 2.36. The van der Waals surface area contributed by atoms with Crippen molar-refractivity contribution in [1.82, 2.24) is 0 Å². The summed E-state index contributed by atoms with van der Waals surface area (Å²) in [7, 11) is 1.24. The minimum atomic E-state index is -1.51. The summed E-state index contributed by atoms with van der Waals surface area (Å²) in [6, 6.07) is 4.73. The number of carbonyl (C=O) groups is 4. The Balaban J connectivity index is 3.22. The van der Waals surface area contributed by atoms with Crippen molar-refractivity contribution in [2.24, 2.45) is 23.5 Å². The van der Waals surface area contributed by atoms with E-state index in [1.807, 2.05) is 20.8 Å². The van der Waals surface area contributed by atoms with Gasteiger partial charge in [0.25, 0.3) is 0 Å². The number of methoxy groups -OCH3 is 1. The van der Waals surface area contributed by atoms with Crippen LogP contribution in [0.25, 0.3) is 0 Å². The van der Waals surface area contributed by atoms with E-state index in [-0.39, 0.29) is 54.7 Å². The van der Waals surface area contributed by atoms with Gasteiger partial charge in [0.1, 0.15) is 5.54 Å². The van der Waals surface area contributed by atoms with E-state index in [0.29, 0.717) is 24.8 Å². The van der Waals surface area contributed by atoms with Gasteiger partial charge in [-0.1, -0.05) is 66.9 Å². The van der Waals surface area contributed by atoms with Crippen molar-refractivity contribution in [3.8, 4) is 11.5 Å². The molecule has 0 aromatic heterocycles. The number of rotatable bonds is 17. The molecule has 1 aromatic carbocycles. The van der Waals surface area contributed by atoms with E-state index < -0.39 is 23.4 Å². The quantitative estimate of drug-likeness (QED) is 0.207. The Hall–Kier alpha value is -2.94. The van der Waals surface area contributed by atoms with Crippen LogP contribution >= 0.6 is 0 Å². The number of carbonyl (C=O) groups excluding carboxylic acids is 4. The second kappa shape index (κ2) is 16.9. The number of hydrogen-bond donors (Lipinski definition) is 1. The van der Waals surface area contributed by atoms with Crippen LogP contribution in [0, 0.1) is 17.8 Å². The first-order valence-electron chi connectivity index (χ1n) is 14.0. The maximum atomic E-state index is 12.7. The molecule has 0 fully saturated rings. The molecular formula is C30H47NO8. The second-order valence-corrected chi connectivity index (χ2v) is 10.4. The molecule has 4 atom stereocenters. The minimum absolute atomic E-state index is 0.0112. The first kappa shape index (κ1) is 34.1. The van der Waals surface area contributed by atoms with Crippen LogP contribution in [-0.2, 0) is 35.1 Å². The topological polar surface area (TPSA) is 131 Å². The molecule has 0 aliphatic rings. The van der Waals surface area contributed by atoms with Crippen LogP contribution in [0.4, 0.5) is 0 Å². The van der Waals surface area contributed by atoms with Crippen molar-refractivity contribution in [1.29, 1.82) is 0 Å². The lowest BCUT2D eigenvalue weighted by Gasteiger charge is -2.27. The van der Waals surface area contributed by atoms with E-state index in [1.165, 1.54) is 13.2 Å². The van der Waals surface area contributed by atoms with E-state index in [0.717, 1.165) is 19.3 Å². The molecule has 0 saturated carbocycles. The molecule has 0 spiro atoms. The monoisotopic (exact) mass is 549 g/mol. The fourth-order valence-electron chi connectivity index (χ4n) is 4.20. The molecule has 0 aliphatic heterocycles. The molecule has 0 radical (unpaired) electrons. The van der Waals surface area contributed by atoms with Gasteiger partial charge in [0.15, 0.2) is 11.5 Å². The van der Waals surface area contributed by atoms with Crippen LogP contribution in [0.15, 0.2) is 18.2 Å². The van der Waals surface area contributed by atoms with Crippen molar-refractivity contribution >= 4 is 23.9 Å². The number of hydrogen-bond acceptors (Lipinski definition) is 9. The zero-order valence-corrected chi connectivity index (χ0v) is 24.7. The Labute approximate surface area is 233 Å². The van der Waals surface area contributed by atoms with E-state index in [2.05, 4.69) is 0 Å². The van der Waals surface area contributed by atoms with Crippen molar-refractivity contribution in [2.75, 3.05) is 13.7 Å². The maximum Gasteiger partial charge on any atom is 0.326 e. The summed E-state index contributed by atoms with van der Waals surface area (Å²) in [5, 5.41) is 0. The second-order valence-electron chi connectivity index (χ2n) is 10.4. The summed E-state index contributed by atoms with van der Waals surface area (Å²) >= 11 is 0. The molecule has 3 unspecified atom stereocenters. The van der Waals surface area contributed by atoms with Gasteiger partial charge in [0.05, 0.1) is 31.5 Å². The lowest BCUT2D eigenvalue weighted by atomic mass is 9.88. The van der Waals surface area contributed by atoms with Crippen LogP contribution < -0.4 is 15.2 Å². The van der Waals surface area contributed by atoms with Crippen LogP contribution in [0.3, 0.4) is 0 Å². The largest absolute Gasteiger partial charge is 0.468 e. The van der Waals surface area contributed by atoms with Gasteiger partial charge in [0, 0.05) is 12.8 Å². The SMILES string of the molecule is CCCC(C)C(=O)OCC[C@@](N)(Cc1ccc(OC(=O)C(C)CCC)c(OC(=O)C(C)CCC)c1)C(=O)OC. The highest BCUT2D eigenvalue weighted by atomic mass is 16.6. The molecule has 39 heavy (non-hydrogen) atoms. The molecule has 0 aliphatic carbocycles. The summed E-state index contributed by atoms with van der Waals surface area (Å²) in [6.07, 6.45) is 4.53. The Morgan fingerprint density at radius 2 is 1.28 bits per heavy atom. The maximum absolute atomic E-state index is 12.7. The van der Waals surface area contributed by atoms with Crippen LogP contribution in [-0.4, -0.2) is 43.1 Å². The number of nitrogens with two attached hydrogens (primary N) is 1. The normalized spacial score (nSPS) is 14.9. The standard InChI is InChI=1S/C30H47NO8/c1-8-11-20(4)26(32)37-17-16-30(31,29(35)36-7)19-23-14-15-24(38-27(33)21(5)12-9-2)25(18-23)39-28(34)22(6)13-10-3/h14-15,18,20-22H,8-13,16-17,19,31H2,1-7H3/t20?,21?,22?,30-/m1/s1. The Morgan fingerprint density at radius 1 is 0.795 bits per heavy atom. The molecule has 2 N–H and O–H groups in total. The lowest BCUT2D eigenvalue weighted by molar-refractivity contribution is -0.153. The third-order valence-corrected chi connectivity index (χ3v) is 6.71. The van der Waals surface area contributed by atoms with Gasteiger partial charge in [-0.3, -0.25) is 19.2 Å². The number of benzene rings is 1. The van der Waals surface area contributed by atoms with Gasteiger partial charge < -0.3 is 24.7 Å². The van der Waals surface area contributed by atoms with E-state index in [1.54, 1.807) is 32.9 Å². The molecule has 0 amide bonds. The number of esters is 4. The smallest absolute Gasteiger partial charge is 0.326 e. The highest BCUT2D eigenvalue weighted by Crippen LogP contribution is 2.32. The number of ether oxygens (including phenoxy) is 4. The summed E-state index contributed by atoms with van der Waals surface area (Å²) in [5.41, 5.74) is 5.53. The van der Waals surface area contributed by atoms with E-state index in [9.17, 15) is 19.2 Å². The predicted octanol–water partition coefficient (Wildman–Crippen LogP) is 5.15. The molecule has 0 heterocycles. The average Bonchev–Trinajstić information content (AvgIpc) is 2.89. The Morgan fingerprint density at radius 3 is 1.77 bits per heavy atom. The van der Waals surface area contributed by atoms with Gasteiger partial charge in [-0.05, 0) is 37.0 Å². The van der Waals surface area contributed by atoms with Crippen molar-refractivity contribution < 1.29 is 38.1 Å². The van der Waals surface area contributed by atoms with Crippen molar-refractivity contribution in [3.63, 3.8) is 0 Å². The van der Waals surface area contributed by atoms with E-state index >= 15 is 0 Å². The molecule has 1 aromatic rings. The summed E-state index contributed by atoms with van der Waals surface area (Å²) < 4.78 is 21.6. The van der Waals surface area contributed by atoms with Crippen LogP contribution in [0.2, 0.25) is 0 Å². The van der Waals surface area contributed by atoms with Crippen molar-refractivity contribution in [3.05, 3.63) is 23.8 Å². The third-order valence-electron chi connectivity index (χ3n) is 6.71. The highest BCUT2D eigenvalue weighted by molar-refractivity contribution is 5.81. The predicted molar refractivity (Wildman–Crippen MR) is 148 cm³/mol. The van der Waals surface area contributed by atoms with Crippen LogP contribution in [0.5, 0.6) is 11.5 Å². The van der Waals surface area contributed by atoms with Gasteiger partial charge in [0.2, 0.25) is 0 Å². The summed E-state index contributed by atoms with van der Waals surface area (Å²) in [4.78, 5) is 50.2. The van der Waals surface area contributed by atoms with E-state index in [4.69, 9.17) is 24.7 Å². The average molecular weight is 550 g/mol. The molecular weight excluding hydrogens is 502 g/mol. The minimum Gasteiger partial charge on any atom is -0.468 e. The third kappa shape index (κ3) is 11.0. The zero-order chi connectivity index (χ0) is 29.6. The van der Waals surface area contributed by atoms with Gasteiger partial charge in [-0.2, -0.15) is 0 Å². The fraction of sp³-hybridized carbons (Fsp3) is 0.667.